The third-order valence-electron chi connectivity index (χ3n) is 32.8. The van der Waals surface area contributed by atoms with E-state index in [0.29, 0.717) is 88.5 Å². The average molecular weight is 1970 g/mol. The van der Waals surface area contributed by atoms with Crippen molar-refractivity contribution in [3.63, 3.8) is 0 Å². The van der Waals surface area contributed by atoms with Gasteiger partial charge in [0.1, 0.15) is 70.5 Å². The summed E-state index contributed by atoms with van der Waals surface area (Å²) < 4.78 is 54.2. The SMILES string of the molecule is COc1ccc2nc3c(nc2c1)O[C@H]1CN(C(=O)[C@H](C2(C)CCCCC2)CC(=O)O[C@@H]2CCC[C@H]2CCCCC3)[C@H]([C-]=O)[C@@H]1C.COc1ccc2nc3c(nc2c1)O[C@H]1CN(C(=O)[C@H](C2(C)CCCCC2)CC(=O)O[C@@H]2C[C@H]2CCCCC3)[C@H]([C-]=O)[C@@H]1C.COc1ccc2nc3c(nc2c1)O[C@H]1CN(C(=O)[C@H](C2(C)CCCCC2)CC(=O)O[C@]2(C)C[C@H]2CCCCC3)[C@H]([C-]=O)[C@@H]1C.[V].[V].[V]. The molecule has 135 heavy (non-hydrogen) atoms. The topological polar surface area (TPSA) is 324 Å². The number of ether oxygens (including phenoxy) is 9. The number of aromatic nitrogens is 6. The van der Waals surface area contributed by atoms with E-state index in [1.165, 1.54) is 0 Å². The first-order valence-corrected chi connectivity index (χ1v) is 49.9. The molecule has 27 nitrogen and oxygen atoms in total. The smallest absolute Gasteiger partial charge is 0.307 e. The van der Waals surface area contributed by atoms with E-state index in [1.54, 1.807) is 36.0 Å². The van der Waals surface area contributed by atoms with Gasteiger partial charge in [0.25, 0.3) is 0 Å². The van der Waals surface area contributed by atoms with Crippen LogP contribution in [0.15, 0.2) is 54.6 Å². The summed E-state index contributed by atoms with van der Waals surface area (Å²) in [6, 6.07) is 14.6. The van der Waals surface area contributed by atoms with Gasteiger partial charge in [0, 0.05) is 79.8 Å². The van der Waals surface area contributed by atoms with Crippen LogP contribution in [0, 0.1) is 69.5 Å². The summed E-state index contributed by atoms with van der Waals surface area (Å²) in [5.74, 6) is 0.468. The largest absolute Gasteiger partial charge is 0.540 e. The molecule has 18 rings (SSSR count). The van der Waals surface area contributed by atoms with Crippen LogP contribution in [-0.2, 0) is 132 Å². The Morgan fingerprint density at radius 3 is 1.04 bits per heavy atom. The number of hydrogen-bond acceptors (Lipinski definition) is 24. The monoisotopic (exact) mass is 1970 g/mol. The predicted octanol–water partition coefficient (Wildman–Crippen LogP) is 17.3. The summed E-state index contributed by atoms with van der Waals surface area (Å²) in [5.41, 5.74) is 5.21. The summed E-state index contributed by atoms with van der Waals surface area (Å²) in [6.07, 6.45) is 38.8. The van der Waals surface area contributed by atoms with E-state index in [0.717, 1.165) is 239 Å². The Morgan fingerprint density at radius 1 is 0.356 bits per heavy atom. The maximum Gasteiger partial charge on any atom is 0.307 e. The molecule has 18 atom stereocenters. The molecule has 6 aliphatic heterocycles. The molecule has 6 aromatic rings. The maximum absolute atomic E-state index is 14.5. The molecular weight excluding hydrogens is 1830 g/mol. The third-order valence-corrected chi connectivity index (χ3v) is 32.8. The van der Waals surface area contributed by atoms with Gasteiger partial charge in [0.05, 0.1) is 111 Å². The zero-order valence-electron chi connectivity index (χ0n) is 80.7. The zero-order valence-corrected chi connectivity index (χ0v) is 84.9. The summed E-state index contributed by atoms with van der Waals surface area (Å²) in [7, 11) is 4.86. The number of nitrogens with zero attached hydrogens (tertiary/aromatic N) is 9. The molecule has 30 heteroatoms. The second kappa shape index (κ2) is 46.0. The van der Waals surface area contributed by atoms with Gasteiger partial charge < -0.3 is 71.7 Å². The summed E-state index contributed by atoms with van der Waals surface area (Å²) in [4.78, 5) is 155. The van der Waals surface area contributed by atoms with Crippen LogP contribution in [-0.4, -0.2) is 194 Å². The number of fused-ring (bicyclic) bond motifs is 15. The van der Waals surface area contributed by atoms with Gasteiger partial charge in [-0.3, -0.25) is 28.8 Å². The second-order valence-corrected chi connectivity index (χ2v) is 41.8. The molecule has 0 N–H and O–H groups in total. The number of hydrogen-bond donors (Lipinski definition) is 0. The van der Waals surface area contributed by atoms with Crippen LogP contribution in [0.3, 0.4) is 0 Å². The number of esters is 3. The van der Waals surface area contributed by atoms with Gasteiger partial charge in [-0.05, 0) is 218 Å². The summed E-state index contributed by atoms with van der Waals surface area (Å²) in [5, 5.41) is 0. The van der Waals surface area contributed by atoms with Gasteiger partial charge in [-0.2, -0.15) is 0 Å². The van der Waals surface area contributed by atoms with Crippen molar-refractivity contribution in [2.75, 3.05) is 41.0 Å². The average Bonchev–Trinajstić information content (AvgIpc) is 1.60. The fourth-order valence-electron chi connectivity index (χ4n) is 23.8. The Labute approximate surface area is 831 Å². The van der Waals surface area contributed by atoms with Crippen molar-refractivity contribution in [1.29, 1.82) is 0 Å². The Hall–Kier alpha value is -7.94. The Morgan fingerprint density at radius 2 is 0.681 bits per heavy atom. The molecule has 6 bridgehead atoms. The van der Waals surface area contributed by atoms with Crippen molar-refractivity contribution in [3.05, 3.63) is 71.7 Å². The van der Waals surface area contributed by atoms with Crippen LogP contribution in [0.2, 0.25) is 0 Å². The van der Waals surface area contributed by atoms with Crippen LogP contribution in [0.5, 0.6) is 34.9 Å². The molecule has 0 spiro atoms. The molecule has 9 heterocycles. The zero-order chi connectivity index (χ0) is 92.8. The molecule has 6 aliphatic carbocycles. The number of carbonyl (C=O) groups is 6. The molecule has 3 radical (unpaired) electrons. The predicted molar refractivity (Wildman–Crippen MR) is 495 cm³/mol. The van der Waals surface area contributed by atoms with Crippen LogP contribution in [0.25, 0.3) is 33.1 Å². The van der Waals surface area contributed by atoms with Crippen molar-refractivity contribution in [3.8, 4) is 34.9 Å². The number of aryl methyl sites for hydroxylation is 3. The fourth-order valence-corrected chi connectivity index (χ4v) is 23.8. The molecule has 6 saturated carbocycles. The molecule has 3 saturated heterocycles. The van der Waals surface area contributed by atoms with E-state index in [2.05, 4.69) is 39.6 Å². The third kappa shape index (κ3) is 23.9. The molecule has 729 valence electrons. The molecule has 3 aromatic carbocycles. The molecule has 9 fully saturated rings. The van der Waals surface area contributed by atoms with Crippen LogP contribution < -0.4 is 28.4 Å². The Bertz CT molecular complexity index is 5170. The maximum atomic E-state index is 14.5. The van der Waals surface area contributed by atoms with E-state index < -0.39 is 59.8 Å². The van der Waals surface area contributed by atoms with Crippen molar-refractivity contribution in [2.45, 2.75) is 347 Å². The van der Waals surface area contributed by atoms with Crippen LogP contribution in [0.1, 0.15) is 290 Å². The van der Waals surface area contributed by atoms with Crippen LogP contribution in [0.4, 0.5) is 0 Å². The van der Waals surface area contributed by atoms with Crippen molar-refractivity contribution in [1.82, 2.24) is 44.6 Å². The van der Waals surface area contributed by atoms with Crippen LogP contribution >= 0.6 is 0 Å². The van der Waals surface area contributed by atoms with Gasteiger partial charge in [0.15, 0.2) is 0 Å². The minimum absolute atomic E-state index is 0. The molecule has 0 unspecified atom stereocenters. The number of amides is 3. The van der Waals surface area contributed by atoms with Crippen molar-refractivity contribution < 1.29 is 141 Å². The minimum atomic E-state index is -0.775. The van der Waals surface area contributed by atoms with Crippen molar-refractivity contribution >= 4 is 87.6 Å². The quantitative estimate of drug-likeness (QED) is 0.0737. The van der Waals surface area contributed by atoms with E-state index in [9.17, 15) is 43.2 Å². The van der Waals surface area contributed by atoms with Crippen molar-refractivity contribution in [2.24, 2.45) is 69.5 Å². The van der Waals surface area contributed by atoms with Gasteiger partial charge >= 0.3 is 17.9 Å². The fraction of sp³-hybridized carbons (Fsp3) is 0.686. The number of methoxy groups -OCH3 is 3. The van der Waals surface area contributed by atoms with E-state index in [4.69, 9.17) is 72.5 Å². The standard InChI is InChI=1S/C36H48N3O6.C35H46N3O6.C34H44N3O6.3V/c1-23-30(22-40)39-21-32(23)45-34-28(37-27-16-15-25(43-3)19-29(27)38-34)13-7-4-6-11-24-12-10-14-31(24)44-33(41)20-26(35(39)42)36(2)17-8-5-9-18-36;1-22-29(21-39)38-20-30(22)43-32-27(36-26-14-13-24(42-4)17-28(26)37-32)12-8-5-7-11-23-19-35(23,3)44-31(40)18-25(33(38)41)34(2)15-9-6-10-16-34;1-21-28(20-38)37-19-30(21)43-32-26(35-25-13-12-23(41-3)17-27(25)36-32)11-7-4-6-10-22-16-29(22)42-31(39)18-24(33(37)40)34(2)14-8-5-9-15-34;;;/h15-16,19,23-24,26,30-32H,4-14,17-18,20-21H2,1-3H3;13-14,17,22-23,25,29-30H,5-12,15-16,18-20H2,1-4H3;12-13,17,21-22,24,28-30H,4-11,14-16,18-19H2,1-3H3;;;/q3*-1;;;/t23-,24+,26+,30+,31+,32-;22-,23+,25+,29+,30-,35+;21-,22+,24+,28+,29+,30-;;;/m000.../s1. The first kappa shape index (κ1) is 104. The Kier molecular flexibility index (Phi) is 35.6. The van der Waals surface area contributed by atoms with Gasteiger partial charge in [-0.15, -0.1) is 0 Å². The number of rotatable bonds is 9. The molecular formula is C105H138N9O18V3-3. The summed E-state index contributed by atoms with van der Waals surface area (Å²) >= 11 is 0. The van der Waals surface area contributed by atoms with Gasteiger partial charge in [0.2, 0.25) is 35.4 Å². The molecule has 3 aromatic heterocycles. The van der Waals surface area contributed by atoms with E-state index in [-0.39, 0.29) is 176 Å². The number of carbonyl (C=O) groups excluding carboxylic acids is 9. The second-order valence-electron chi connectivity index (χ2n) is 41.8. The molecule has 3 amide bonds. The van der Waals surface area contributed by atoms with Gasteiger partial charge in [-0.1, -0.05) is 156 Å². The van der Waals surface area contributed by atoms with E-state index in [1.807, 2.05) is 82.3 Å². The Balaban J connectivity index is 0.000000170. The minimum Gasteiger partial charge on any atom is -0.540 e. The van der Waals surface area contributed by atoms with Gasteiger partial charge in [-0.25, -0.2) is 48.8 Å². The number of benzene rings is 3. The normalized spacial score (nSPS) is 31.2. The first-order valence-electron chi connectivity index (χ1n) is 49.9. The first-order chi connectivity index (χ1) is 63.7. The van der Waals surface area contributed by atoms with E-state index >= 15 is 0 Å². The summed E-state index contributed by atoms with van der Waals surface area (Å²) in [6.45, 7) is 14.9. The molecule has 12 aliphatic rings.